The average molecular weight is 705 g/mol. The number of hydrogen-bond donors (Lipinski definition) is 2. The van der Waals surface area contributed by atoms with Gasteiger partial charge in [0.05, 0.1) is 12.7 Å². The van der Waals surface area contributed by atoms with Gasteiger partial charge < -0.3 is 19.7 Å². The van der Waals surface area contributed by atoms with E-state index in [2.05, 4.69) is 39.0 Å². The van der Waals surface area contributed by atoms with Crippen LogP contribution in [-0.4, -0.2) is 47.6 Å². The SMILES string of the molecule is CCCCCCCC/C=C/C/C=C/C=C/C(O)CCCC(=O)OC[C@H](CO)OC(=O)CCCCCCCCCCCCCCCCCC(C)C. The van der Waals surface area contributed by atoms with Gasteiger partial charge in [0.1, 0.15) is 6.61 Å². The van der Waals surface area contributed by atoms with Gasteiger partial charge in [0.25, 0.3) is 0 Å². The molecule has 0 fully saturated rings. The zero-order valence-corrected chi connectivity index (χ0v) is 32.9. The second-order valence-corrected chi connectivity index (χ2v) is 14.7. The normalized spacial score (nSPS) is 13.2. The zero-order valence-electron chi connectivity index (χ0n) is 32.9. The Morgan fingerprint density at radius 3 is 1.72 bits per heavy atom. The van der Waals surface area contributed by atoms with E-state index in [0.717, 1.165) is 38.0 Å². The minimum atomic E-state index is -0.841. The van der Waals surface area contributed by atoms with E-state index in [4.69, 9.17) is 9.47 Å². The Hall–Kier alpha value is -1.92. The maximum atomic E-state index is 12.2. The molecular weight excluding hydrogens is 624 g/mol. The summed E-state index contributed by atoms with van der Waals surface area (Å²) in [7, 11) is 0. The van der Waals surface area contributed by atoms with Crippen LogP contribution in [0.15, 0.2) is 36.5 Å². The average Bonchev–Trinajstić information content (AvgIpc) is 3.09. The number of esters is 2. The number of rotatable bonds is 37. The minimum Gasteiger partial charge on any atom is -0.462 e. The second kappa shape index (κ2) is 38.3. The van der Waals surface area contributed by atoms with Crippen molar-refractivity contribution in [1.82, 2.24) is 0 Å². The van der Waals surface area contributed by atoms with Crippen LogP contribution in [0.2, 0.25) is 0 Å². The maximum Gasteiger partial charge on any atom is 0.306 e. The van der Waals surface area contributed by atoms with E-state index in [9.17, 15) is 19.8 Å². The summed E-state index contributed by atoms with van der Waals surface area (Å²) in [6.45, 7) is 6.33. The number of carbonyl (C=O) groups excluding carboxylic acids is 2. The summed E-state index contributed by atoms with van der Waals surface area (Å²) in [6, 6.07) is 0. The van der Waals surface area contributed by atoms with Crippen LogP contribution < -0.4 is 0 Å². The molecule has 0 rings (SSSR count). The molecule has 0 aliphatic rings. The lowest BCUT2D eigenvalue weighted by Gasteiger charge is -2.16. The van der Waals surface area contributed by atoms with Crippen LogP contribution >= 0.6 is 0 Å². The van der Waals surface area contributed by atoms with Crippen molar-refractivity contribution in [2.45, 2.75) is 213 Å². The van der Waals surface area contributed by atoms with Gasteiger partial charge in [-0.15, -0.1) is 0 Å². The molecule has 0 saturated heterocycles. The van der Waals surface area contributed by atoms with Gasteiger partial charge in [-0.2, -0.15) is 0 Å². The number of hydrogen-bond acceptors (Lipinski definition) is 6. The van der Waals surface area contributed by atoms with E-state index < -0.39 is 18.2 Å². The Morgan fingerprint density at radius 2 is 1.14 bits per heavy atom. The number of unbranched alkanes of at least 4 members (excludes halogenated alkanes) is 20. The molecule has 0 heterocycles. The fourth-order valence-electron chi connectivity index (χ4n) is 5.98. The Morgan fingerprint density at radius 1 is 0.600 bits per heavy atom. The molecule has 0 bridgehead atoms. The van der Waals surface area contributed by atoms with Crippen molar-refractivity contribution >= 4 is 11.9 Å². The van der Waals surface area contributed by atoms with Crippen molar-refractivity contribution in [1.29, 1.82) is 0 Å². The lowest BCUT2D eigenvalue weighted by Crippen LogP contribution is -2.28. The molecule has 1 unspecified atom stereocenters. The van der Waals surface area contributed by atoms with Gasteiger partial charge in [-0.05, 0) is 44.4 Å². The fraction of sp³-hybridized carbons (Fsp3) is 0.818. The lowest BCUT2D eigenvalue weighted by molar-refractivity contribution is -0.161. The Kier molecular flexibility index (Phi) is 36.8. The molecule has 2 atom stereocenters. The fourth-order valence-corrected chi connectivity index (χ4v) is 5.98. The largest absolute Gasteiger partial charge is 0.462 e. The van der Waals surface area contributed by atoms with Crippen molar-refractivity contribution in [3.8, 4) is 0 Å². The predicted octanol–water partition coefficient (Wildman–Crippen LogP) is 12.1. The summed E-state index contributed by atoms with van der Waals surface area (Å²) in [5.74, 6) is 0.0638. The van der Waals surface area contributed by atoms with Gasteiger partial charge in [0.2, 0.25) is 0 Å². The van der Waals surface area contributed by atoms with E-state index in [1.165, 1.54) is 122 Å². The zero-order chi connectivity index (χ0) is 36.8. The first kappa shape index (κ1) is 48.1. The molecular formula is C44H80O6. The molecule has 6 heteroatoms. The predicted molar refractivity (Wildman–Crippen MR) is 211 cm³/mol. The third-order valence-electron chi connectivity index (χ3n) is 9.22. The molecule has 0 aromatic rings. The number of aliphatic hydroxyl groups excluding tert-OH is 2. The molecule has 0 amide bonds. The van der Waals surface area contributed by atoms with Gasteiger partial charge in [0.15, 0.2) is 6.10 Å². The van der Waals surface area contributed by atoms with Crippen molar-refractivity contribution in [2.24, 2.45) is 5.92 Å². The van der Waals surface area contributed by atoms with Crippen molar-refractivity contribution in [2.75, 3.05) is 13.2 Å². The van der Waals surface area contributed by atoms with Crippen molar-refractivity contribution in [3.63, 3.8) is 0 Å². The smallest absolute Gasteiger partial charge is 0.306 e. The first-order valence-electron chi connectivity index (χ1n) is 21.0. The molecule has 0 aromatic heterocycles. The van der Waals surface area contributed by atoms with Crippen LogP contribution in [-0.2, 0) is 19.1 Å². The van der Waals surface area contributed by atoms with Gasteiger partial charge in [-0.1, -0.05) is 186 Å². The topological polar surface area (TPSA) is 93.1 Å². The van der Waals surface area contributed by atoms with Crippen molar-refractivity contribution in [3.05, 3.63) is 36.5 Å². The second-order valence-electron chi connectivity index (χ2n) is 14.7. The first-order chi connectivity index (χ1) is 24.4. The third kappa shape index (κ3) is 37.3. The van der Waals surface area contributed by atoms with E-state index >= 15 is 0 Å². The molecule has 0 saturated carbocycles. The monoisotopic (exact) mass is 705 g/mol. The first-order valence-corrected chi connectivity index (χ1v) is 21.0. The number of ether oxygens (including phenoxy) is 2. The highest BCUT2D eigenvalue weighted by molar-refractivity contribution is 5.70. The molecule has 50 heavy (non-hydrogen) atoms. The summed E-state index contributed by atoms with van der Waals surface area (Å²) >= 11 is 0. The van der Waals surface area contributed by atoms with Gasteiger partial charge in [-0.25, -0.2) is 0 Å². The van der Waals surface area contributed by atoms with Crippen LogP contribution in [0.1, 0.15) is 201 Å². The number of allylic oxidation sites excluding steroid dienone is 5. The van der Waals surface area contributed by atoms with Crippen LogP contribution in [0.3, 0.4) is 0 Å². The molecule has 0 aliphatic carbocycles. The van der Waals surface area contributed by atoms with Crippen molar-refractivity contribution < 1.29 is 29.3 Å². The molecule has 292 valence electrons. The van der Waals surface area contributed by atoms with Crippen LogP contribution in [0.5, 0.6) is 0 Å². The standard InChI is InChI=1S/C44H80O6/c1-4-5-6-7-8-9-10-14-18-21-24-27-30-34-41(46)35-32-37-43(47)49-39-42(38-45)50-44(48)36-31-28-25-22-19-16-13-11-12-15-17-20-23-26-29-33-40(2)3/h14,18,24,27,30,34,40-42,45-46H,4-13,15-17,19-23,25-26,28-29,31-33,35-39H2,1-3H3/b18-14+,27-24+,34-30+/t41?,42-/m0/s1. The Bertz CT molecular complexity index is 832. The molecule has 0 aliphatic heterocycles. The highest BCUT2D eigenvalue weighted by Gasteiger charge is 2.16. The Labute approximate surface area is 309 Å². The molecule has 6 nitrogen and oxygen atoms in total. The van der Waals surface area contributed by atoms with E-state index in [1.54, 1.807) is 6.08 Å². The minimum absolute atomic E-state index is 0.153. The molecule has 0 aromatic carbocycles. The highest BCUT2D eigenvalue weighted by Crippen LogP contribution is 2.15. The molecule has 0 spiro atoms. The van der Waals surface area contributed by atoms with Crippen LogP contribution in [0.4, 0.5) is 0 Å². The Balaban J connectivity index is 3.69. The summed E-state index contributed by atoms with van der Waals surface area (Å²) in [5, 5.41) is 19.7. The van der Waals surface area contributed by atoms with Crippen LogP contribution in [0, 0.1) is 5.92 Å². The summed E-state index contributed by atoms with van der Waals surface area (Å²) < 4.78 is 10.5. The molecule has 2 N–H and O–H groups in total. The van der Waals surface area contributed by atoms with E-state index in [-0.39, 0.29) is 25.6 Å². The number of carbonyl (C=O) groups is 2. The third-order valence-corrected chi connectivity index (χ3v) is 9.22. The summed E-state index contributed by atoms with van der Waals surface area (Å²) in [4.78, 5) is 24.3. The molecule has 0 radical (unpaired) electrons. The van der Waals surface area contributed by atoms with E-state index in [1.807, 2.05) is 12.2 Å². The lowest BCUT2D eigenvalue weighted by atomic mass is 10.0. The maximum absolute atomic E-state index is 12.2. The summed E-state index contributed by atoms with van der Waals surface area (Å²) in [5.41, 5.74) is 0. The van der Waals surface area contributed by atoms with Crippen LogP contribution in [0.25, 0.3) is 0 Å². The number of aliphatic hydroxyl groups is 2. The van der Waals surface area contributed by atoms with Gasteiger partial charge >= 0.3 is 11.9 Å². The van der Waals surface area contributed by atoms with Gasteiger partial charge in [0, 0.05) is 12.8 Å². The highest BCUT2D eigenvalue weighted by atomic mass is 16.6. The summed E-state index contributed by atoms with van der Waals surface area (Å²) in [6.07, 6.45) is 42.4. The van der Waals surface area contributed by atoms with Gasteiger partial charge in [-0.3, -0.25) is 9.59 Å². The quantitative estimate of drug-likeness (QED) is 0.0289. The van der Waals surface area contributed by atoms with E-state index in [0.29, 0.717) is 19.3 Å².